The second-order valence-electron chi connectivity index (χ2n) is 7.07. The van der Waals surface area contributed by atoms with Crippen molar-refractivity contribution >= 4 is 18.0 Å². The molecule has 0 aliphatic heterocycles. The van der Waals surface area contributed by atoms with E-state index >= 15 is 0 Å². The first kappa shape index (κ1) is 22.3. The Hall–Kier alpha value is -2.95. The summed E-state index contributed by atoms with van der Waals surface area (Å²) in [5, 5.41) is 6.89. The van der Waals surface area contributed by atoms with Gasteiger partial charge < -0.3 is 5.32 Å². The summed E-state index contributed by atoms with van der Waals surface area (Å²) in [4.78, 5) is 25.2. The Morgan fingerprint density at radius 1 is 0.931 bits per heavy atom. The molecule has 0 saturated carbocycles. The van der Waals surface area contributed by atoms with Gasteiger partial charge in [-0.25, -0.2) is 5.43 Å². The number of amides is 2. The summed E-state index contributed by atoms with van der Waals surface area (Å²) in [6, 6.07) is 17.8. The summed E-state index contributed by atoms with van der Waals surface area (Å²) in [5.74, 6) is -0.595. The van der Waals surface area contributed by atoms with Crippen LogP contribution < -0.4 is 10.7 Å². The largest absolute Gasteiger partial charge is 0.340 e. The summed E-state index contributed by atoms with van der Waals surface area (Å²) in [6.45, 7) is 2.19. The topological polar surface area (TPSA) is 70.6 Å². The first-order chi connectivity index (χ1) is 14.2. The van der Waals surface area contributed by atoms with Crippen molar-refractivity contribution in [3.63, 3.8) is 0 Å². The zero-order valence-electron chi connectivity index (χ0n) is 17.1. The van der Waals surface area contributed by atoms with E-state index in [1.165, 1.54) is 25.7 Å². The van der Waals surface area contributed by atoms with Crippen molar-refractivity contribution in [2.24, 2.45) is 5.10 Å². The van der Waals surface area contributed by atoms with Gasteiger partial charge in [-0.3, -0.25) is 9.59 Å². The number of nitrogens with zero attached hydrogens (tertiary/aromatic N) is 1. The standard InChI is InChI=1S/C24H31N3O2/c1-2-3-4-5-6-13-18-25-27-24(29)22(19-20-14-9-7-10-15-20)26-23(28)21-16-11-8-12-17-21/h7-12,14-18,22H,2-6,13,19H2,1H3,(H,26,28)(H,27,29)/b25-18-/t22-/m0/s1. The molecule has 0 heterocycles. The van der Waals surface area contributed by atoms with Crippen molar-refractivity contribution in [3.8, 4) is 0 Å². The maximum atomic E-state index is 12.6. The van der Waals surface area contributed by atoms with Crippen LogP contribution in [-0.4, -0.2) is 24.1 Å². The van der Waals surface area contributed by atoms with Crippen molar-refractivity contribution in [3.05, 3.63) is 71.8 Å². The second-order valence-corrected chi connectivity index (χ2v) is 7.07. The normalized spacial score (nSPS) is 11.9. The molecule has 2 aromatic carbocycles. The molecular weight excluding hydrogens is 362 g/mol. The van der Waals surface area contributed by atoms with Crippen LogP contribution >= 0.6 is 0 Å². The lowest BCUT2D eigenvalue weighted by Crippen LogP contribution is -2.46. The lowest BCUT2D eigenvalue weighted by molar-refractivity contribution is -0.122. The quantitative estimate of drug-likeness (QED) is 0.317. The van der Waals surface area contributed by atoms with Gasteiger partial charge >= 0.3 is 0 Å². The Bertz CT molecular complexity index is 760. The molecule has 0 spiro atoms. The first-order valence-electron chi connectivity index (χ1n) is 10.4. The van der Waals surface area contributed by atoms with E-state index in [2.05, 4.69) is 22.8 Å². The van der Waals surface area contributed by atoms with Crippen LogP contribution in [-0.2, 0) is 11.2 Å². The molecule has 2 aromatic rings. The number of carbonyl (C=O) groups is 2. The molecule has 5 heteroatoms. The highest BCUT2D eigenvalue weighted by molar-refractivity contribution is 5.97. The van der Waals surface area contributed by atoms with E-state index in [4.69, 9.17) is 0 Å². The molecule has 0 saturated heterocycles. The smallest absolute Gasteiger partial charge is 0.262 e. The summed E-state index contributed by atoms with van der Waals surface area (Å²) >= 11 is 0. The predicted molar refractivity (Wildman–Crippen MR) is 118 cm³/mol. The average Bonchev–Trinajstić information content (AvgIpc) is 2.76. The highest BCUT2D eigenvalue weighted by atomic mass is 16.2. The van der Waals surface area contributed by atoms with Gasteiger partial charge in [0.1, 0.15) is 6.04 Å². The number of hydrogen-bond acceptors (Lipinski definition) is 3. The molecule has 0 radical (unpaired) electrons. The van der Waals surface area contributed by atoms with Crippen LogP contribution in [0.1, 0.15) is 61.4 Å². The number of hydrazone groups is 1. The maximum absolute atomic E-state index is 12.6. The number of nitrogens with one attached hydrogen (secondary N) is 2. The Balaban J connectivity index is 1.91. The van der Waals surface area contributed by atoms with Gasteiger partial charge in [0.2, 0.25) is 0 Å². The van der Waals surface area contributed by atoms with Crippen molar-refractivity contribution in [1.29, 1.82) is 0 Å². The lowest BCUT2D eigenvalue weighted by atomic mass is 10.0. The Morgan fingerprint density at radius 2 is 1.59 bits per heavy atom. The molecule has 0 bridgehead atoms. The highest BCUT2D eigenvalue weighted by Crippen LogP contribution is 2.06. The van der Waals surface area contributed by atoms with E-state index < -0.39 is 6.04 Å². The lowest BCUT2D eigenvalue weighted by Gasteiger charge is -2.17. The molecule has 2 amide bonds. The molecule has 154 valence electrons. The van der Waals surface area contributed by atoms with Gasteiger partial charge in [0, 0.05) is 18.2 Å². The third kappa shape index (κ3) is 8.73. The number of hydrogen-bond donors (Lipinski definition) is 2. The Kier molecular flexibility index (Phi) is 10.2. The summed E-state index contributed by atoms with van der Waals surface area (Å²) in [6.07, 6.45) is 8.94. The van der Waals surface area contributed by atoms with Crippen LogP contribution in [0, 0.1) is 0 Å². The van der Waals surface area contributed by atoms with Crippen LogP contribution in [0.2, 0.25) is 0 Å². The fraction of sp³-hybridized carbons (Fsp3) is 0.375. The van der Waals surface area contributed by atoms with E-state index in [1.54, 1.807) is 30.5 Å². The molecule has 0 unspecified atom stereocenters. The van der Waals surface area contributed by atoms with Crippen LogP contribution in [0.4, 0.5) is 0 Å². The van der Waals surface area contributed by atoms with E-state index in [-0.39, 0.29) is 11.8 Å². The molecule has 2 rings (SSSR count). The van der Waals surface area contributed by atoms with E-state index in [9.17, 15) is 9.59 Å². The Labute approximate surface area is 173 Å². The highest BCUT2D eigenvalue weighted by Gasteiger charge is 2.21. The average molecular weight is 394 g/mol. The van der Waals surface area contributed by atoms with Gasteiger partial charge in [-0.05, 0) is 30.5 Å². The summed E-state index contributed by atoms with van der Waals surface area (Å²) < 4.78 is 0. The Morgan fingerprint density at radius 3 is 2.28 bits per heavy atom. The SMILES string of the molecule is CCCCCCC/C=N\NC(=O)[C@H](Cc1ccccc1)NC(=O)c1ccccc1. The van der Waals surface area contributed by atoms with Gasteiger partial charge in [0.15, 0.2) is 0 Å². The number of carbonyl (C=O) groups excluding carboxylic acids is 2. The minimum Gasteiger partial charge on any atom is -0.340 e. The number of rotatable bonds is 12. The molecule has 0 aromatic heterocycles. The third-order valence-electron chi connectivity index (χ3n) is 4.64. The molecule has 2 N–H and O–H groups in total. The van der Waals surface area contributed by atoms with Gasteiger partial charge in [0.25, 0.3) is 11.8 Å². The predicted octanol–water partition coefficient (Wildman–Crippen LogP) is 4.49. The molecule has 29 heavy (non-hydrogen) atoms. The molecule has 5 nitrogen and oxygen atoms in total. The summed E-state index contributed by atoms with van der Waals surface area (Å²) in [5.41, 5.74) is 4.07. The van der Waals surface area contributed by atoms with Gasteiger partial charge in [-0.15, -0.1) is 0 Å². The first-order valence-corrected chi connectivity index (χ1v) is 10.4. The van der Waals surface area contributed by atoms with E-state index in [0.717, 1.165) is 18.4 Å². The second kappa shape index (κ2) is 13.3. The zero-order chi connectivity index (χ0) is 20.7. The number of unbranched alkanes of at least 4 members (excludes halogenated alkanes) is 5. The molecule has 0 fully saturated rings. The van der Waals surface area contributed by atoms with Crippen molar-refractivity contribution in [2.45, 2.75) is 57.9 Å². The molecule has 1 atom stereocenters. The molecular formula is C24H31N3O2. The molecule has 0 aliphatic carbocycles. The fourth-order valence-corrected chi connectivity index (χ4v) is 2.98. The molecule has 0 aliphatic rings. The van der Waals surface area contributed by atoms with Crippen LogP contribution in [0.5, 0.6) is 0 Å². The van der Waals surface area contributed by atoms with Crippen molar-refractivity contribution in [1.82, 2.24) is 10.7 Å². The minimum atomic E-state index is -0.702. The van der Waals surface area contributed by atoms with Gasteiger partial charge in [-0.1, -0.05) is 81.1 Å². The number of benzene rings is 2. The fourth-order valence-electron chi connectivity index (χ4n) is 2.98. The van der Waals surface area contributed by atoms with Crippen LogP contribution in [0.15, 0.2) is 65.8 Å². The van der Waals surface area contributed by atoms with Crippen molar-refractivity contribution < 1.29 is 9.59 Å². The monoisotopic (exact) mass is 393 g/mol. The summed E-state index contributed by atoms with van der Waals surface area (Å²) in [7, 11) is 0. The van der Waals surface area contributed by atoms with E-state index in [0.29, 0.717) is 12.0 Å². The van der Waals surface area contributed by atoms with E-state index in [1.807, 2.05) is 36.4 Å². The van der Waals surface area contributed by atoms with Crippen LogP contribution in [0.25, 0.3) is 0 Å². The third-order valence-corrected chi connectivity index (χ3v) is 4.64. The maximum Gasteiger partial charge on any atom is 0.262 e. The minimum absolute atomic E-state index is 0.276. The van der Waals surface area contributed by atoms with Gasteiger partial charge in [0.05, 0.1) is 0 Å². The zero-order valence-corrected chi connectivity index (χ0v) is 17.1. The van der Waals surface area contributed by atoms with Crippen LogP contribution in [0.3, 0.4) is 0 Å². The van der Waals surface area contributed by atoms with Gasteiger partial charge in [-0.2, -0.15) is 5.10 Å². The van der Waals surface area contributed by atoms with Crippen molar-refractivity contribution in [2.75, 3.05) is 0 Å².